The molecule has 1 nitrogen and oxygen atoms in total. The minimum atomic E-state index is 0. The van der Waals surface area contributed by atoms with Crippen molar-refractivity contribution in [2.24, 2.45) is 5.92 Å². The fraction of sp³-hybridized carbons (Fsp3) is 0.875. The highest BCUT2D eigenvalue weighted by Gasteiger charge is 1.68. The second kappa shape index (κ2) is 10.6. The van der Waals surface area contributed by atoms with E-state index >= 15 is 0 Å². The lowest BCUT2D eigenvalue weighted by molar-refractivity contribution is -0.114. The van der Waals surface area contributed by atoms with E-state index in [9.17, 15) is 4.79 Å². The molecule has 0 amide bonds. The van der Waals surface area contributed by atoms with Gasteiger partial charge in [0.25, 0.3) is 0 Å². The molecule has 0 aromatic heterocycles. The van der Waals surface area contributed by atoms with Crippen molar-refractivity contribution in [2.45, 2.75) is 42.0 Å². The number of Topliss-reactive ketones (excluding diaryl/α,β-unsaturated/α-hetero) is 1. The normalized spacial score (nSPS) is 6.89. The summed E-state index contributed by atoms with van der Waals surface area (Å²) in [6, 6.07) is 0. The molecule has 0 fully saturated rings. The summed E-state index contributed by atoms with van der Waals surface area (Å²) in [6.45, 7) is 9.56. The number of hydrogen-bond acceptors (Lipinski definition) is 1. The van der Waals surface area contributed by atoms with E-state index in [1.54, 1.807) is 0 Å². The van der Waals surface area contributed by atoms with Gasteiger partial charge in [-0.1, -0.05) is 28.2 Å². The Morgan fingerprint density at radius 1 is 1.11 bits per heavy atom. The molecule has 0 radical (unpaired) electrons. The van der Waals surface area contributed by atoms with Gasteiger partial charge < -0.3 is 4.79 Å². The van der Waals surface area contributed by atoms with Crippen LogP contribution in [0.3, 0.4) is 0 Å². The number of rotatable bonds is 0. The number of carbonyl (C=O) groups excluding carboxylic acids is 1. The molecule has 0 saturated carbocycles. The molecule has 0 aromatic carbocycles. The Bertz CT molecular complexity index is 48.8. The highest BCUT2D eigenvalue weighted by Crippen LogP contribution is 1.81. The third-order valence-electron chi connectivity index (χ3n) is 0. The van der Waals surface area contributed by atoms with Gasteiger partial charge in [0.1, 0.15) is 5.78 Å². The first-order chi connectivity index (χ1) is 3.46. The Morgan fingerprint density at radius 3 is 1.11 bits per heavy atom. The van der Waals surface area contributed by atoms with Gasteiger partial charge in [-0.2, -0.15) is 0 Å². The van der Waals surface area contributed by atoms with Crippen molar-refractivity contribution < 1.29 is 4.79 Å². The van der Waals surface area contributed by atoms with Crippen LogP contribution in [0.15, 0.2) is 0 Å². The van der Waals surface area contributed by atoms with E-state index in [4.69, 9.17) is 0 Å². The van der Waals surface area contributed by atoms with Crippen LogP contribution in [-0.2, 0) is 4.79 Å². The topological polar surface area (TPSA) is 17.1 Å². The largest absolute Gasteiger partial charge is 0.300 e. The first kappa shape index (κ1) is 15.9. The molecule has 0 aliphatic carbocycles. The Morgan fingerprint density at radius 2 is 1.11 bits per heavy atom. The summed E-state index contributed by atoms with van der Waals surface area (Å²) < 4.78 is 0. The zero-order chi connectivity index (χ0) is 7.15. The first-order valence-electron chi connectivity index (χ1n) is 2.94. The van der Waals surface area contributed by atoms with Crippen molar-refractivity contribution in [2.75, 3.05) is 0 Å². The zero-order valence-electron chi connectivity index (χ0n) is 6.49. The minimum Gasteiger partial charge on any atom is -0.300 e. The SMILES string of the molecule is C.CC(C)=O.CC(C)C. The van der Waals surface area contributed by atoms with Crippen molar-refractivity contribution >= 4 is 5.78 Å². The van der Waals surface area contributed by atoms with E-state index in [-0.39, 0.29) is 13.2 Å². The molecule has 0 aliphatic heterocycles. The van der Waals surface area contributed by atoms with E-state index in [0.29, 0.717) is 0 Å². The fourth-order valence-corrected chi connectivity index (χ4v) is 0. The number of carbonyl (C=O) groups is 1. The van der Waals surface area contributed by atoms with Gasteiger partial charge in [0.05, 0.1) is 0 Å². The molecule has 0 unspecified atom stereocenters. The summed E-state index contributed by atoms with van der Waals surface area (Å²) in [7, 11) is 0. The van der Waals surface area contributed by atoms with Crippen molar-refractivity contribution in [1.82, 2.24) is 0 Å². The lowest BCUT2D eigenvalue weighted by Gasteiger charge is -1.79. The molecule has 58 valence electrons. The Hall–Kier alpha value is -0.330. The summed E-state index contributed by atoms with van der Waals surface area (Å²) in [5.41, 5.74) is 0. The first-order valence-corrected chi connectivity index (χ1v) is 2.94. The molecule has 0 saturated heterocycles. The number of hydrogen-bond donors (Lipinski definition) is 0. The molecule has 1 heteroatoms. The van der Waals surface area contributed by atoms with Gasteiger partial charge >= 0.3 is 0 Å². The maximum absolute atomic E-state index is 9.44. The van der Waals surface area contributed by atoms with Crippen LogP contribution in [0.25, 0.3) is 0 Å². The summed E-state index contributed by atoms with van der Waals surface area (Å²) in [4.78, 5) is 9.44. The third-order valence-corrected chi connectivity index (χ3v) is 0. The van der Waals surface area contributed by atoms with Crippen LogP contribution in [0.1, 0.15) is 42.0 Å². The molecule has 0 heterocycles. The molecular weight excluding hydrogens is 112 g/mol. The lowest BCUT2D eigenvalue weighted by Crippen LogP contribution is -1.69. The van der Waals surface area contributed by atoms with Crippen molar-refractivity contribution in [3.05, 3.63) is 0 Å². The quantitative estimate of drug-likeness (QED) is 0.495. The standard InChI is InChI=1S/C4H10.C3H6O.CH4/c1-4(2)3;1-3(2)4;/h4H,1-3H3;1-2H3;1H4. The molecule has 0 aliphatic rings. The minimum absolute atomic E-state index is 0. The highest BCUT2D eigenvalue weighted by atomic mass is 16.1. The Kier molecular flexibility index (Phi) is 18.7. The second-order valence-corrected chi connectivity index (χ2v) is 2.64. The summed E-state index contributed by atoms with van der Waals surface area (Å²) >= 11 is 0. The average molecular weight is 132 g/mol. The highest BCUT2D eigenvalue weighted by molar-refractivity contribution is 5.72. The van der Waals surface area contributed by atoms with Crippen LogP contribution >= 0.6 is 0 Å². The van der Waals surface area contributed by atoms with Crippen molar-refractivity contribution in [1.29, 1.82) is 0 Å². The zero-order valence-corrected chi connectivity index (χ0v) is 6.49. The molecular formula is C8H20O. The van der Waals surface area contributed by atoms with E-state index < -0.39 is 0 Å². The van der Waals surface area contributed by atoms with Crippen LogP contribution < -0.4 is 0 Å². The van der Waals surface area contributed by atoms with Gasteiger partial charge in [0, 0.05) is 0 Å². The number of ketones is 1. The molecule has 0 atom stereocenters. The van der Waals surface area contributed by atoms with Crippen LogP contribution in [0.4, 0.5) is 0 Å². The van der Waals surface area contributed by atoms with Crippen LogP contribution in [0.5, 0.6) is 0 Å². The van der Waals surface area contributed by atoms with E-state index in [2.05, 4.69) is 20.8 Å². The summed E-state index contributed by atoms with van der Waals surface area (Å²) in [6.07, 6.45) is 0. The lowest BCUT2D eigenvalue weighted by atomic mass is 10.3. The monoisotopic (exact) mass is 132 g/mol. The van der Waals surface area contributed by atoms with Crippen LogP contribution in [0, 0.1) is 5.92 Å². The molecule has 0 N–H and O–H groups in total. The van der Waals surface area contributed by atoms with Gasteiger partial charge in [-0.15, -0.1) is 0 Å². The van der Waals surface area contributed by atoms with Crippen LogP contribution in [-0.4, -0.2) is 5.78 Å². The van der Waals surface area contributed by atoms with Gasteiger partial charge in [-0.25, -0.2) is 0 Å². The molecule has 9 heavy (non-hydrogen) atoms. The maximum atomic E-state index is 9.44. The van der Waals surface area contributed by atoms with Gasteiger partial charge in [-0.05, 0) is 19.8 Å². The van der Waals surface area contributed by atoms with E-state index in [1.807, 2.05) is 0 Å². The van der Waals surface area contributed by atoms with E-state index in [0.717, 1.165) is 5.92 Å². The summed E-state index contributed by atoms with van der Waals surface area (Å²) in [5, 5.41) is 0. The Labute approximate surface area is 59.5 Å². The van der Waals surface area contributed by atoms with Crippen molar-refractivity contribution in [3.63, 3.8) is 0 Å². The molecule has 0 spiro atoms. The smallest absolute Gasteiger partial charge is 0.126 e. The third kappa shape index (κ3) is 2260. The average Bonchev–Trinajstić information content (AvgIpc) is 1.25. The predicted molar refractivity (Wildman–Crippen MR) is 43.6 cm³/mol. The maximum Gasteiger partial charge on any atom is 0.126 e. The molecule has 0 aromatic rings. The van der Waals surface area contributed by atoms with Gasteiger partial charge in [-0.3, -0.25) is 0 Å². The Balaban J connectivity index is -0.0000000720. The van der Waals surface area contributed by atoms with E-state index in [1.165, 1.54) is 13.8 Å². The molecule has 0 rings (SSSR count). The predicted octanol–water partition coefficient (Wildman–Crippen LogP) is 2.89. The van der Waals surface area contributed by atoms with Crippen LogP contribution in [0.2, 0.25) is 0 Å². The fourth-order valence-electron chi connectivity index (χ4n) is 0. The van der Waals surface area contributed by atoms with Crippen molar-refractivity contribution in [3.8, 4) is 0 Å². The van der Waals surface area contributed by atoms with Gasteiger partial charge in [0.15, 0.2) is 0 Å². The van der Waals surface area contributed by atoms with Gasteiger partial charge in [0.2, 0.25) is 0 Å². The molecule has 0 bridgehead atoms. The summed E-state index contributed by atoms with van der Waals surface area (Å²) in [5.74, 6) is 1.00. The second-order valence-electron chi connectivity index (χ2n) is 2.64.